The number of piperidine rings is 1. The molecular formula is C19H31ClN4O2. The maximum absolute atomic E-state index is 12.1. The molecule has 0 saturated carbocycles. The lowest BCUT2D eigenvalue weighted by molar-refractivity contribution is -0.121. The second kappa shape index (κ2) is 11.0. The molecule has 1 aliphatic rings. The van der Waals surface area contributed by atoms with Gasteiger partial charge in [-0.3, -0.25) is 4.79 Å². The van der Waals surface area contributed by atoms with Gasteiger partial charge in [0.1, 0.15) is 0 Å². The van der Waals surface area contributed by atoms with Crippen molar-refractivity contribution >= 4 is 24.3 Å². The number of nitrogens with one attached hydrogen (secondary N) is 3. The molecule has 26 heavy (non-hydrogen) atoms. The normalized spacial score (nSPS) is 15.5. The first-order valence-electron chi connectivity index (χ1n) is 8.99. The molecule has 1 aromatic carbocycles. The Hall–Kier alpha value is -1.79. The zero-order chi connectivity index (χ0) is 18.1. The third kappa shape index (κ3) is 7.62. The van der Waals surface area contributed by atoms with Crippen molar-refractivity contribution in [1.82, 2.24) is 20.9 Å². The van der Waals surface area contributed by atoms with Crippen LogP contribution in [0, 0.1) is 5.41 Å². The molecule has 146 valence electrons. The molecule has 7 heteroatoms. The summed E-state index contributed by atoms with van der Waals surface area (Å²) in [6.45, 7) is 5.84. The molecule has 1 aliphatic heterocycles. The Morgan fingerprint density at radius 1 is 1.15 bits per heavy atom. The van der Waals surface area contributed by atoms with E-state index < -0.39 is 0 Å². The number of hydrogen-bond donors (Lipinski definition) is 3. The third-order valence-electron chi connectivity index (χ3n) is 4.76. The minimum atomic E-state index is -0.165. The number of urea groups is 1. The highest BCUT2D eigenvalue weighted by Gasteiger charge is 2.26. The average Bonchev–Trinajstić information content (AvgIpc) is 2.61. The second-order valence-corrected chi connectivity index (χ2v) is 7.16. The van der Waals surface area contributed by atoms with Gasteiger partial charge in [-0.05, 0) is 36.9 Å². The van der Waals surface area contributed by atoms with Crippen molar-refractivity contribution in [3.63, 3.8) is 0 Å². The first kappa shape index (κ1) is 22.3. The van der Waals surface area contributed by atoms with Gasteiger partial charge in [-0.2, -0.15) is 0 Å². The minimum absolute atomic E-state index is 0. The Bertz CT molecular complexity index is 562. The van der Waals surface area contributed by atoms with Gasteiger partial charge in [-0.25, -0.2) is 4.79 Å². The van der Waals surface area contributed by atoms with Crippen LogP contribution in [-0.4, -0.2) is 50.1 Å². The van der Waals surface area contributed by atoms with Crippen molar-refractivity contribution in [3.05, 3.63) is 35.9 Å². The maximum atomic E-state index is 12.1. The molecular weight excluding hydrogens is 352 g/mol. The lowest BCUT2D eigenvalue weighted by Crippen LogP contribution is -2.43. The highest BCUT2D eigenvalue weighted by molar-refractivity contribution is 5.85. The summed E-state index contributed by atoms with van der Waals surface area (Å²) in [5.41, 5.74) is 1.26. The van der Waals surface area contributed by atoms with Gasteiger partial charge >= 0.3 is 6.03 Å². The van der Waals surface area contributed by atoms with E-state index in [1.165, 1.54) is 0 Å². The standard InChI is InChI=1S/C19H30N4O2.ClH/c1-19(9-12-20-13-10-19)15-22-17(24)8-11-21-18(25)23(2)14-16-6-4-3-5-7-16;/h3-7,20H,8-15H2,1-2H3,(H,21,25)(H,22,24);1H. The summed E-state index contributed by atoms with van der Waals surface area (Å²) < 4.78 is 0. The summed E-state index contributed by atoms with van der Waals surface area (Å²) in [6, 6.07) is 9.66. The summed E-state index contributed by atoms with van der Waals surface area (Å²) in [5, 5.41) is 9.14. The topological polar surface area (TPSA) is 73.5 Å². The lowest BCUT2D eigenvalue weighted by atomic mass is 9.81. The van der Waals surface area contributed by atoms with Crippen molar-refractivity contribution < 1.29 is 9.59 Å². The molecule has 6 nitrogen and oxygen atoms in total. The fraction of sp³-hybridized carbons (Fsp3) is 0.579. The van der Waals surface area contributed by atoms with Crippen molar-refractivity contribution in [2.24, 2.45) is 5.41 Å². The molecule has 3 N–H and O–H groups in total. The predicted molar refractivity (Wildman–Crippen MR) is 106 cm³/mol. The van der Waals surface area contributed by atoms with Gasteiger partial charge in [0.05, 0.1) is 0 Å². The van der Waals surface area contributed by atoms with Crippen LogP contribution in [0.15, 0.2) is 30.3 Å². The SMILES string of the molecule is CN(Cc1ccccc1)C(=O)NCCC(=O)NCC1(C)CCNCC1.Cl. The Morgan fingerprint density at radius 3 is 2.46 bits per heavy atom. The molecule has 1 saturated heterocycles. The first-order valence-corrected chi connectivity index (χ1v) is 8.99. The van der Waals surface area contributed by atoms with E-state index in [4.69, 9.17) is 0 Å². The number of carbonyl (C=O) groups excluding carboxylic acids is 2. The van der Waals surface area contributed by atoms with Crippen LogP contribution >= 0.6 is 12.4 Å². The Kier molecular flexibility index (Phi) is 9.44. The first-order chi connectivity index (χ1) is 12.0. The minimum Gasteiger partial charge on any atom is -0.355 e. The van der Waals surface area contributed by atoms with Gasteiger partial charge in [0.25, 0.3) is 0 Å². The van der Waals surface area contributed by atoms with Crippen LogP contribution in [0.4, 0.5) is 4.79 Å². The van der Waals surface area contributed by atoms with Gasteiger partial charge in [0.2, 0.25) is 5.91 Å². The van der Waals surface area contributed by atoms with Gasteiger partial charge in [0.15, 0.2) is 0 Å². The zero-order valence-corrected chi connectivity index (χ0v) is 16.5. The molecule has 0 bridgehead atoms. The number of nitrogens with zero attached hydrogens (tertiary/aromatic N) is 1. The summed E-state index contributed by atoms with van der Waals surface area (Å²) >= 11 is 0. The van der Waals surface area contributed by atoms with E-state index in [0.29, 0.717) is 26.1 Å². The van der Waals surface area contributed by atoms with Crippen LogP contribution < -0.4 is 16.0 Å². The van der Waals surface area contributed by atoms with E-state index in [1.54, 1.807) is 11.9 Å². The van der Waals surface area contributed by atoms with E-state index >= 15 is 0 Å². The summed E-state index contributed by atoms with van der Waals surface area (Å²) in [5.74, 6) is -0.00855. The van der Waals surface area contributed by atoms with Crippen LogP contribution in [0.5, 0.6) is 0 Å². The molecule has 1 aromatic rings. The number of amides is 3. The number of halogens is 1. The van der Waals surface area contributed by atoms with Crippen molar-refractivity contribution in [1.29, 1.82) is 0 Å². The third-order valence-corrected chi connectivity index (χ3v) is 4.76. The number of benzene rings is 1. The molecule has 0 atom stereocenters. The van der Waals surface area contributed by atoms with E-state index in [2.05, 4.69) is 22.9 Å². The van der Waals surface area contributed by atoms with Crippen LogP contribution in [0.2, 0.25) is 0 Å². The van der Waals surface area contributed by atoms with Crippen LogP contribution in [-0.2, 0) is 11.3 Å². The predicted octanol–water partition coefficient (Wildman–Crippen LogP) is 2.15. The summed E-state index contributed by atoms with van der Waals surface area (Å²) in [6.07, 6.45) is 2.46. The maximum Gasteiger partial charge on any atom is 0.317 e. The summed E-state index contributed by atoms with van der Waals surface area (Å²) in [4.78, 5) is 25.7. The molecule has 0 aromatic heterocycles. The molecule has 0 unspecified atom stereocenters. The molecule has 0 radical (unpaired) electrons. The van der Waals surface area contributed by atoms with Crippen molar-refractivity contribution in [3.8, 4) is 0 Å². The van der Waals surface area contributed by atoms with E-state index in [1.807, 2.05) is 30.3 Å². The molecule has 1 heterocycles. The van der Waals surface area contributed by atoms with Gasteiger partial charge in [-0.15, -0.1) is 12.4 Å². The average molecular weight is 383 g/mol. The van der Waals surface area contributed by atoms with Crippen LogP contribution in [0.25, 0.3) is 0 Å². The van der Waals surface area contributed by atoms with E-state index in [9.17, 15) is 9.59 Å². The van der Waals surface area contributed by atoms with Crippen molar-refractivity contribution in [2.45, 2.75) is 32.7 Å². The largest absolute Gasteiger partial charge is 0.355 e. The fourth-order valence-corrected chi connectivity index (χ4v) is 2.95. The van der Waals surface area contributed by atoms with E-state index in [-0.39, 0.29) is 29.8 Å². The smallest absolute Gasteiger partial charge is 0.317 e. The van der Waals surface area contributed by atoms with E-state index in [0.717, 1.165) is 31.5 Å². The number of carbonyl (C=O) groups is 2. The monoisotopic (exact) mass is 382 g/mol. The highest BCUT2D eigenvalue weighted by Crippen LogP contribution is 2.26. The molecule has 2 rings (SSSR count). The highest BCUT2D eigenvalue weighted by atomic mass is 35.5. The van der Waals surface area contributed by atoms with Crippen LogP contribution in [0.3, 0.4) is 0 Å². The zero-order valence-electron chi connectivity index (χ0n) is 15.7. The van der Waals surface area contributed by atoms with Gasteiger partial charge < -0.3 is 20.9 Å². The fourth-order valence-electron chi connectivity index (χ4n) is 2.95. The quantitative estimate of drug-likeness (QED) is 0.676. The van der Waals surface area contributed by atoms with Gasteiger partial charge in [0, 0.05) is 33.1 Å². The molecule has 1 fully saturated rings. The second-order valence-electron chi connectivity index (χ2n) is 7.16. The Labute approximate surface area is 162 Å². The van der Waals surface area contributed by atoms with Crippen LogP contribution in [0.1, 0.15) is 31.7 Å². The lowest BCUT2D eigenvalue weighted by Gasteiger charge is -2.34. The Balaban J connectivity index is 0.00000338. The summed E-state index contributed by atoms with van der Waals surface area (Å²) in [7, 11) is 1.75. The molecule has 0 aliphatic carbocycles. The van der Waals surface area contributed by atoms with Gasteiger partial charge in [-0.1, -0.05) is 37.3 Å². The number of hydrogen-bond acceptors (Lipinski definition) is 3. The molecule has 3 amide bonds. The Morgan fingerprint density at radius 2 is 1.81 bits per heavy atom. The number of rotatable bonds is 7. The molecule has 0 spiro atoms. The van der Waals surface area contributed by atoms with Crippen molar-refractivity contribution in [2.75, 3.05) is 33.2 Å².